The zero-order chi connectivity index (χ0) is 17.8. The molecule has 0 saturated carbocycles. The van der Waals surface area contributed by atoms with Crippen LogP contribution in [0, 0.1) is 11.6 Å². The summed E-state index contributed by atoms with van der Waals surface area (Å²) in [6, 6.07) is 7.64. The van der Waals surface area contributed by atoms with Crippen LogP contribution in [-0.4, -0.2) is 19.2 Å². The summed E-state index contributed by atoms with van der Waals surface area (Å²) in [7, 11) is 0. The largest absolute Gasteiger partial charge is 0.486 e. The Hall–Kier alpha value is -2.83. The highest BCUT2D eigenvalue weighted by molar-refractivity contribution is 5.74. The van der Waals surface area contributed by atoms with Crippen LogP contribution in [0.1, 0.15) is 24.1 Å². The third-order valence-electron chi connectivity index (χ3n) is 3.86. The molecule has 0 aliphatic carbocycles. The molecule has 1 aliphatic heterocycles. The van der Waals surface area contributed by atoms with Crippen molar-refractivity contribution in [2.24, 2.45) is 0 Å². The molecule has 0 spiro atoms. The molecule has 2 aromatic rings. The molecule has 2 amide bonds. The summed E-state index contributed by atoms with van der Waals surface area (Å²) in [6.45, 7) is 2.80. The highest BCUT2D eigenvalue weighted by Crippen LogP contribution is 2.33. The van der Waals surface area contributed by atoms with Crippen LogP contribution in [0.25, 0.3) is 0 Å². The van der Waals surface area contributed by atoms with E-state index in [1.165, 1.54) is 6.07 Å². The van der Waals surface area contributed by atoms with E-state index in [1.54, 1.807) is 13.0 Å². The van der Waals surface area contributed by atoms with Crippen LogP contribution in [-0.2, 0) is 6.54 Å². The standard InChI is InChI=1S/C18H18F2N2O3/c1-11(14-6-5-13(19)9-15(14)20)22-18(23)21-10-12-3-2-4-16-17(12)25-8-7-24-16/h2-6,9,11H,7-8,10H2,1H3,(H2,21,22,23)/t11-/m1/s1. The van der Waals surface area contributed by atoms with Crippen LogP contribution in [0.15, 0.2) is 36.4 Å². The maximum absolute atomic E-state index is 13.7. The Morgan fingerprint density at radius 3 is 2.80 bits per heavy atom. The van der Waals surface area contributed by atoms with Crippen molar-refractivity contribution in [1.29, 1.82) is 0 Å². The molecule has 1 heterocycles. The monoisotopic (exact) mass is 348 g/mol. The summed E-state index contributed by atoms with van der Waals surface area (Å²) in [5.41, 5.74) is 0.998. The van der Waals surface area contributed by atoms with Crippen molar-refractivity contribution in [3.05, 3.63) is 59.2 Å². The average molecular weight is 348 g/mol. The molecular weight excluding hydrogens is 330 g/mol. The molecule has 0 fully saturated rings. The van der Waals surface area contributed by atoms with Gasteiger partial charge in [0, 0.05) is 23.7 Å². The fourth-order valence-corrected chi connectivity index (χ4v) is 2.63. The van der Waals surface area contributed by atoms with Gasteiger partial charge in [0.15, 0.2) is 11.5 Å². The number of amides is 2. The number of carbonyl (C=O) groups is 1. The number of para-hydroxylation sites is 1. The van der Waals surface area contributed by atoms with Crippen molar-refractivity contribution in [3.8, 4) is 11.5 Å². The molecule has 0 aromatic heterocycles. The smallest absolute Gasteiger partial charge is 0.315 e. The van der Waals surface area contributed by atoms with Crippen LogP contribution in [0.3, 0.4) is 0 Å². The van der Waals surface area contributed by atoms with Gasteiger partial charge in [-0.2, -0.15) is 0 Å². The summed E-state index contributed by atoms with van der Waals surface area (Å²) in [4.78, 5) is 12.1. The maximum atomic E-state index is 13.7. The Kier molecular flexibility index (Phi) is 5.02. The third kappa shape index (κ3) is 3.99. The molecule has 132 valence electrons. The van der Waals surface area contributed by atoms with Crippen LogP contribution in [0.5, 0.6) is 11.5 Å². The predicted octanol–water partition coefficient (Wildman–Crippen LogP) is 3.30. The molecule has 0 radical (unpaired) electrons. The summed E-state index contributed by atoms with van der Waals surface area (Å²) < 4.78 is 37.8. The molecular formula is C18H18F2N2O3. The number of hydrogen-bond acceptors (Lipinski definition) is 3. The number of halogens is 2. The topological polar surface area (TPSA) is 59.6 Å². The lowest BCUT2D eigenvalue weighted by Gasteiger charge is -2.21. The molecule has 0 saturated heterocycles. The minimum Gasteiger partial charge on any atom is -0.486 e. The van der Waals surface area contributed by atoms with Gasteiger partial charge in [0.1, 0.15) is 24.8 Å². The lowest BCUT2D eigenvalue weighted by Crippen LogP contribution is -2.37. The van der Waals surface area contributed by atoms with Crippen molar-refractivity contribution >= 4 is 6.03 Å². The van der Waals surface area contributed by atoms with Gasteiger partial charge in [-0.1, -0.05) is 18.2 Å². The van der Waals surface area contributed by atoms with Crippen molar-refractivity contribution < 1.29 is 23.0 Å². The molecule has 5 nitrogen and oxygen atoms in total. The Morgan fingerprint density at radius 1 is 1.20 bits per heavy atom. The van der Waals surface area contributed by atoms with E-state index in [-0.39, 0.29) is 12.1 Å². The van der Waals surface area contributed by atoms with Gasteiger partial charge in [-0.05, 0) is 19.1 Å². The molecule has 3 rings (SSSR count). The second-order valence-electron chi connectivity index (χ2n) is 5.66. The van der Waals surface area contributed by atoms with E-state index in [0.29, 0.717) is 24.7 Å². The minimum atomic E-state index is -0.699. The van der Waals surface area contributed by atoms with Crippen molar-refractivity contribution in [1.82, 2.24) is 10.6 Å². The van der Waals surface area contributed by atoms with E-state index in [2.05, 4.69) is 10.6 Å². The molecule has 0 unspecified atom stereocenters. The van der Waals surface area contributed by atoms with Gasteiger partial charge >= 0.3 is 6.03 Å². The SMILES string of the molecule is C[C@@H](NC(=O)NCc1cccc2c1OCCO2)c1ccc(F)cc1F. The third-order valence-corrected chi connectivity index (χ3v) is 3.86. The Morgan fingerprint density at radius 2 is 2.00 bits per heavy atom. The molecule has 1 aliphatic rings. The van der Waals surface area contributed by atoms with Crippen LogP contribution < -0.4 is 20.1 Å². The average Bonchev–Trinajstić information content (AvgIpc) is 2.59. The normalized spacial score (nSPS) is 13.9. The highest BCUT2D eigenvalue weighted by atomic mass is 19.1. The first-order valence-electron chi connectivity index (χ1n) is 7.91. The van der Waals surface area contributed by atoms with Gasteiger partial charge in [-0.25, -0.2) is 13.6 Å². The van der Waals surface area contributed by atoms with Gasteiger partial charge in [0.05, 0.1) is 6.04 Å². The number of rotatable bonds is 4. The van der Waals surface area contributed by atoms with E-state index in [9.17, 15) is 13.6 Å². The van der Waals surface area contributed by atoms with E-state index in [0.717, 1.165) is 17.7 Å². The van der Waals surface area contributed by atoms with E-state index in [1.807, 2.05) is 12.1 Å². The Balaban J connectivity index is 1.60. The molecule has 0 bridgehead atoms. The van der Waals surface area contributed by atoms with Crippen LogP contribution >= 0.6 is 0 Å². The maximum Gasteiger partial charge on any atom is 0.315 e. The number of urea groups is 1. The second kappa shape index (κ2) is 7.38. The van der Waals surface area contributed by atoms with Gasteiger partial charge < -0.3 is 20.1 Å². The van der Waals surface area contributed by atoms with Gasteiger partial charge in [-0.15, -0.1) is 0 Å². The molecule has 1 atom stereocenters. The molecule has 7 heteroatoms. The lowest BCUT2D eigenvalue weighted by atomic mass is 10.1. The highest BCUT2D eigenvalue weighted by Gasteiger charge is 2.17. The molecule has 25 heavy (non-hydrogen) atoms. The summed E-state index contributed by atoms with van der Waals surface area (Å²) >= 11 is 0. The number of hydrogen-bond donors (Lipinski definition) is 2. The number of nitrogens with one attached hydrogen (secondary N) is 2. The number of carbonyl (C=O) groups excluding carboxylic acids is 1. The summed E-state index contributed by atoms with van der Waals surface area (Å²) in [5.74, 6) is -0.0937. The fourth-order valence-electron chi connectivity index (χ4n) is 2.63. The predicted molar refractivity (Wildman–Crippen MR) is 87.6 cm³/mol. The number of ether oxygens (including phenoxy) is 2. The Bertz CT molecular complexity index is 783. The van der Waals surface area contributed by atoms with Crippen molar-refractivity contribution in [2.45, 2.75) is 19.5 Å². The molecule has 2 N–H and O–H groups in total. The van der Waals surface area contributed by atoms with Crippen LogP contribution in [0.2, 0.25) is 0 Å². The van der Waals surface area contributed by atoms with Crippen molar-refractivity contribution in [3.63, 3.8) is 0 Å². The zero-order valence-electron chi connectivity index (χ0n) is 13.6. The number of fused-ring (bicyclic) bond motifs is 1. The summed E-state index contributed by atoms with van der Waals surface area (Å²) in [5, 5.41) is 5.32. The fraction of sp³-hybridized carbons (Fsp3) is 0.278. The zero-order valence-corrected chi connectivity index (χ0v) is 13.6. The van der Waals surface area contributed by atoms with Gasteiger partial charge in [0.25, 0.3) is 0 Å². The first-order valence-corrected chi connectivity index (χ1v) is 7.91. The summed E-state index contributed by atoms with van der Waals surface area (Å²) in [6.07, 6.45) is 0. The first kappa shape index (κ1) is 17.0. The molecule has 2 aromatic carbocycles. The van der Waals surface area contributed by atoms with E-state index in [4.69, 9.17) is 9.47 Å². The van der Waals surface area contributed by atoms with Gasteiger partial charge in [0.2, 0.25) is 0 Å². The second-order valence-corrected chi connectivity index (χ2v) is 5.66. The van der Waals surface area contributed by atoms with Crippen molar-refractivity contribution in [2.75, 3.05) is 13.2 Å². The minimum absolute atomic E-state index is 0.213. The first-order chi connectivity index (χ1) is 12.0. The lowest BCUT2D eigenvalue weighted by molar-refractivity contribution is 0.169. The van der Waals surface area contributed by atoms with E-state index < -0.39 is 23.7 Å². The number of benzene rings is 2. The van der Waals surface area contributed by atoms with Gasteiger partial charge in [-0.3, -0.25) is 0 Å². The quantitative estimate of drug-likeness (QED) is 0.891. The van der Waals surface area contributed by atoms with E-state index >= 15 is 0 Å². The van der Waals surface area contributed by atoms with Crippen LogP contribution in [0.4, 0.5) is 13.6 Å². The Labute approximate surface area is 143 Å².